The van der Waals surface area contributed by atoms with Gasteiger partial charge in [-0.15, -0.1) is 5.10 Å². The molecule has 0 spiro atoms. The second-order valence-corrected chi connectivity index (χ2v) is 7.22. The lowest BCUT2D eigenvalue weighted by molar-refractivity contribution is -0.134. The van der Waals surface area contributed by atoms with Gasteiger partial charge in [-0.3, -0.25) is 14.5 Å². The molecular formula is C21H23N5O2. The number of carbonyl (C=O) groups is 1. The summed E-state index contributed by atoms with van der Waals surface area (Å²) in [4.78, 5) is 29.3. The number of nitrogens with zero attached hydrogens (tertiary/aromatic N) is 5. The van der Waals surface area contributed by atoms with Gasteiger partial charge in [0.25, 0.3) is 5.56 Å². The summed E-state index contributed by atoms with van der Waals surface area (Å²) in [6.45, 7) is 5.85. The lowest BCUT2D eigenvalue weighted by atomic mass is 10.1. The van der Waals surface area contributed by atoms with Crippen molar-refractivity contribution >= 4 is 16.8 Å². The lowest BCUT2D eigenvalue weighted by Crippen LogP contribution is -2.49. The molecule has 144 valence electrons. The van der Waals surface area contributed by atoms with Crippen LogP contribution in [0.25, 0.3) is 10.9 Å². The van der Waals surface area contributed by atoms with E-state index in [9.17, 15) is 9.59 Å². The standard InChI is InChI=1S/C21H23N5O2/c1-16-5-4-6-17(13-16)14-24-9-11-25(12-10-24)20(27)15-26-21(28)18-7-2-3-8-19(18)22-23-26/h2-8,13H,9-12,14-15H2,1H3. The molecular weight excluding hydrogens is 354 g/mol. The molecule has 7 heteroatoms. The fourth-order valence-corrected chi connectivity index (χ4v) is 3.58. The van der Waals surface area contributed by atoms with Crippen LogP contribution in [0, 0.1) is 6.92 Å². The van der Waals surface area contributed by atoms with Crippen LogP contribution < -0.4 is 5.56 Å². The molecule has 0 bridgehead atoms. The summed E-state index contributed by atoms with van der Waals surface area (Å²) >= 11 is 0. The van der Waals surface area contributed by atoms with Gasteiger partial charge in [-0.1, -0.05) is 47.2 Å². The molecule has 1 fully saturated rings. The number of carbonyl (C=O) groups excluding carboxylic acids is 1. The Hall–Kier alpha value is -3.06. The molecule has 1 aromatic heterocycles. The molecule has 0 aliphatic carbocycles. The maximum Gasteiger partial charge on any atom is 0.278 e. The Kier molecular flexibility index (Phi) is 5.16. The van der Waals surface area contributed by atoms with Gasteiger partial charge in [0.05, 0.1) is 5.39 Å². The van der Waals surface area contributed by atoms with Crippen molar-refractivity contribution in [1.29, 1.82) is 0 Å². The minimum atomic E-state index is -0.281. The molecule has 3 aromatic rings. The number of piperazine rings is 1. The van der Waals surface area contributed by atoms with Crippen LogP contribution in [0.4, 0.5) is 0 Å². The van der Waals surface area contributed by atoms with E-state index in [1.54, 1.807) is 23.1 Å². The van der Waals surface area contributed by atoms with E-state index in [2.05, 4.69) is 46.4 Å². The Morgan fingerprint density at radius 2 is 1.82 bits per heavy atom. The van der Waals surface area contributed by atoms with Gasteiger partial charge in [-0.2, -0.15) is 0 Å². The van der Waals surface area contributed by atoms with E-state index in [-0.39, 0.29) is 18.0 Å². The first kappa shape index (κ1) is 18.3. The molecule has 2 aromatic carbocycles. The van der Waals surface area contributed by atoms with Gasteiger partial charge in [0.2, 0.25) is 5.91 Å². The van der Waals surface area contributed by atoms with Crippen molar-refractivity contribution in [1.82, 2.24) is 24.8 Å². The molecule has 1 aliphatic heterocycles. The topological polar surface area (TPSA) is 71.3 Å². The molecule has 1 amide bonds. The fraction of sp³-hybridized carbons (Fsp3) is 0.333. The van der Waals surface area contributed by atoms with Crippen LogP contribution in [0.15, 0.2) is 53.3 Å². The third-order valence-corrected chi connectivity index (χ3v) is 5.13. The number of benzene rings is 2. The van der Waals surface area contributed by atoms with Crippen molar-refractivity contribution in [3.8, 4) is 0 Å². The molecule has 0 N–H and O–H groups in total. The molecule has 4 rings (SSSR count). The summed E-state index contributed by atoms with van der Waals surface area (Å²) in [7, 11) is 0. The van der Waals surface area contributed by atoms with Gasteiger partial charge >= 0.3 is 0 Å². The molecule has 0 saturated carbocycles. The van der Waals surface area contributed by atoms with E-state index in [1.165, 1.54) is 11.1 Å². The summed E-state index contributed by atoms with van der Waals surface area (Å²) in [5.41, 5.74) is 2.81. The Labute approximate surface area is 163 Å². The number of hydrogen-bond acceptors (Lipinski definition) is 5. The van der Waals surface area contributed by atoms with Crippen molar-refractivity contribution in [2.45, 2.75) is 20.0 Å². The average molecular weight is 377 g/mol. The zero-order chi connectivity index (χ0) is 19.5. The predicted octanol–water partition coefficient (Wildman–Crippen LogP) is 1.44. The van der Waals surface area contributed by atoms with Gasteiger partial charge in [0.1, 0.15) is 12.1 Å². The summed E-state index contributed by atoms with van der Waals surface area (Å²) in [5.74, 6) is -0.0955. The zero-order valence-electron chi connectivity index (χ0n) is 15.9. The second kappa shape index (κ2) is 7.90. The van der Waals surface area contributed by atoms with E-state index in [1.807, 2.05) is 6.07 Å². The Morgan fingerprint density at radius 1 is 1.04 bits per heavy atom. The molecule has 0 radical (unpaired) electrons. The highest BCUT2D eigenvalue weighted by atomic mass is 16.2. The Balaban J connectivity index is 1.37. The fourth-order valence-electron chi connectivity index (χ4n) is 3.58. The molecule has 0 atom stereocenters. The van der Waals surface area contributed by atoms with E-state index < -0.39 is 0 Å². The van der Waals surface area contributed by atoms with Crippen molar-refractivity contribution in [3.63, 3.8) is 0 Å². The van der Waals surface area contributed by atoms with Crippen LogP contribution >= 0.6 is 0 Å². The number of aromatic nitrogens is 3. The maximum atomic E-state index is 12.6. The van der Waals surface area contributed by atoms with Gasteiger partial charge in [0, 0.05) is 32.7 Å². The summed E-state index contributed by atoms with van der Waals surface area (Å²) in [6, 6.07) is 15.5. The molecule has 1 aliphatic rings. The van der Waals surface area contributed by atoms with Crippen LogP contribution in [0.3, 0.4) is 0 Å². The van der Waals surface area contributed by atoms with Crippen molar-refractivity contribution in [2.75, 3.05) is 26.2 Å². The predicted molar refractivity (Wildman–Crippen MR) is 107 cm³/mol. The number of aryl methyl sites for hydroxylation is 1. The highest BCUT2D eigenvalue weighted by Gasteiger charge is 2.22. The minimum Gasteiger partial charge on any atom is -0.339 e. The van der Waals surface area contributed by atoms with Gasteiger partial charge in [-0.25, -0.2) is 4.68 Å². The third-order valence-electron chi connectivity index (χ3n) is 5.13. The lowest BCUT2D eigenvalue weighted by Gasteiger charge is -2.34. The van der Waals surface area contributed by atoms with Gasteiger partial charge < -0.3 is 4.90 Å². The number of amides is 1. The smallest absolute Gasteiger partial charge is 0.278 e. The summed E-state index contributed by atoms with van der Waals surface area (Å²) in [5, 5.41) is 8.44. The second-order valence-electron chi connectivity index (χ2n) is 7.22. The highest BCUT2D eigenvalue weighted by Crippen LogP contribution is 2.11. The Bertz CT molecular complexity index is 1050. The molecule has 7 nitrogen and oxygen atoms in total. The first-order valence-corrected chi connectivity index (χ1v) is 9.48. The average Bonchev–Trinajstić information content (AvgIpc) is 2.71. The van der Waals surface area contributed by atoms with Crippen LogP contribution in [0.2, 0.25) is 0 Å². The molecule has 28 heavy (non-hydrogen) atoms. The molecule has 0 unspecified atom stereocenters. The number of fused-ring (bicyclic) bond motifs is 1. The van der Waals surface area contributed by atoms with Crippen molar-refractivity contribution in [2.24, 2.45) is 0 Å². The monoisotopic (exact) mass is 377 g/mol. The third kappa shape index (κ3) is 3.94. The highest BCUT2D eigenvalue weighted by molar-refractivity contribution is 5.78. The summed E-state index contributed by atoms with van der Waals surface area (Å²) < 4.78 is 1.16. The van der Waals surface area contributed by atoms with Gasteiger partial charge in [-0.05, 0) is 24.6 Å². The van der Waals surface area contributed by atoms with Crippen molar-refractivity contribution < 1.29 is 4.79 Å². The largest absolute Gasteiger partial charge is 0.339 e. The SMILES string of the molecule is Cc1cccc(CN2CCN(C(=O)Cn3nnc4ccccc4c3=O)CC2)c1. The zero-order valence-corrected chi connectivity index (χ0v) is 15.9. The quantitative estimate of drug-likeness (QED) is 0.688. The normalized spacial score (nSPS) is 15.1. The molecule has 1 saturated heterocycles. The number of hydrogen-bond donors (Lipinski definition) is 0. The van der Waals surface area contributed by atoms with Crippen molar-refractivity contribution in [3.05, 3.63) is 70.0 Å². The van der Waals surface area contributed by atoms with E-state index >= 15 is 0 Å². The van der Waals surface area contributed by atoms with E-state index in [4.69, 9.17) is 0 Å². The van der Waals surface area contributed by atoms with E-state index in [0.29, 0.717) is 24.0 Å². The summed E-state index contributed by atoms with van der Waals surface area (Å²) in [6.07, 6.45) is 0. The van der Waals surface area contributed by atoms with Gasteiger partial charge in [0.15, 0.2) is 0 Å². The minimum absolute atomic E-state index is 0.0749. The maximum absolute atomic E-state index is 12.6. The Morgan fingerprint density at radius 3 is 2.61 bits per heavy atom. The first-order chi connectivity index (χ1) is 13.6. The molecule has 2 heterocycles. The van der Waals surface area contributed by atoms with Crippen LogP contribution in [0.5, 0.6) is 0 Å². The van der Waals surface area contributed by atoms with E-state index in [0.717, 1.165) is 24.3 Å². The number of rotatable bonds is 4. The first-order valence-electron chi connectivity index (χ1n) is 9.48. The van der Waals surface area contributed by atoms with Crippen LogP contribution in [0.1, 0.15) is 11.1 Å². The van der Waals surface area contributed by atoms with Crippen LogP contribution in [-0.2, 0) is 17.9 Å². The van der Waals surface area contributed by atoms with Crippen LogP contribution in [-0.4, -0.2) is 56.9 Å².